The summed E-state index contributed by atoms with van der Waals surface area (Å²) in [6.45, 7) is 10.9. The SMILES string of the molecule is CC(C)(C)[Si](C)(C)OC1O[C@@H](CN=[N+]=[N-])C[C@H]1O. The first-order valence-corrected chi connectivity index (χ1v) is 9.10. The molecule has 0 spiro atoms. The van der Waals surface area contributed by atoms with Gasteiger partial charge in [0.15, 0.2) is 14.6 Å². The van der Waals surface area contributed by atoms with Crippen LogP contribution >= 0.6 is 0 Å². The minimum Gasteiger partial charge on any atom is -0.390 e. The molecule has 0 saturated carbocycles. The average Bonchev–Trinajstić information content (AvgIpc) is 2.54. The largest absolute Gasteiger partial charge is 0.390 e. The van der Waals surface area contributed by atoms with Gasteiger partial charge >= 0.3 is 0 Å². The van der Waals surface area contributed by atoms with Crippen molar-refractivity contribution in [1.29, 1.82) is 0 Å². The van der Waals surface area contributed by atoms with Crippen LogP contribution in [0.4, 0.5) is 0 Å². The fourth-order valence-electron chi connectivity index (χ4n) is 1.54. The van der Waals surface area contributed by atoms with Crippen molar-refractivity contribution in [2.24, 2.45) is 5.11 Å². The Bertz CT molecular complexity index is 337. The first-order valence-electron chi connectivity index (χ1n) is 6.19. The third-order valence-corrected chi connectivity index (χ3v) is 8.14. The first-order chi connectivity index (χ1) is 8.17. The van der Waals surface area contributed by atoms with Crippen LogP contribution in [0.3, 0.4) is 0 Å². The van der Waals surface area contributed by atoms with Crippen LogP contribution in [0.1, 0.15) is 27.2 Å². The minimum atomic E-state index is -1.96. The molecule has 0 aliphatic carbocycles. The molecule has 0 amide bonds. The maximum atomic E-state index is 9.93. The van der Waals surface area contributed by atoms with Gasteiger partial charge < -0.3 is 14.3 Å². The van der Waals surface area contributed by atoms with E-state index in [1.54, 1.807) is 0 Å². The van der Waals surface area contributed by atoms with Gasteiger partial charge in [0.2, 0.25) is 0 Å². The summed E-state index contributed by atoms with van der Waals surface area (Å²) in [5, 5.41) is 13.5. The second-order valence-electron chi connectivity index (χ2n) is 6.22. The molecule has 1 saturated heterocycles. The van der Waals surface area contributed by atoms with Crippen molar-refractivity contribution in [3.63, 3.8) is 0 Å². The van der Waals surface area contributed by atoms with Gasteiger partial charge in [-0.05, 0) is 23.7 Å². The van der Waals surface area contributed by atoms with E-state index < -0.39 is 20.7 Å². The Hall–Kier alpha value is -0.593. The van der Waals surface area contributed by atoms with Gasteiger partial charge in [0, 0.05) is 11.3 Å². The van der Waals surface area contributed by atoms with E-state index in [1.165, 1.54) is 0 Å². The summed E-state index contributed by atoms with van der Waals surface area (Å²) >= 11 is 0. The van der Waals surface area contributed by atoms with Crippen LogP contribution in [-0.2, 0) is 9.16 Å². The van der Waals surface area contributed by atoms with Crippen molar-refractivity contribution >= 4 is 8.32 Å². The summed E-state index contributed by atoms with van der Waals surface area (Å²) in [4.78, 5) is 2.69. The van der Waals surface area contributed by atoms with Gasteiger partial charge in [-0.25, -0.2) is 0 Å². The van der Waals surface area contributed by atoms with Crippen LogP contribution in [0, 0.1) is 0 Å². The molecular weight excluding hydrogens is 250 g/mol. The number of hydrogen-bond donors (Lipinski definition) is 1. The van der Waals surface area contributed by atoms with Crippen LogP contribution in [0.5, 0.6) is 0 Å². The minimum absolute atomic E-state index is 0.0684. The van der Waals surface area contributed by atoms with Gasteiger partial charge in [-0.3, -0.25) is 0 Å². The normalized spacial score (nSPS) is 29.1. The van der Waals surface area contributed by atoms with E-state index in [0.717, 1.165) is 0 Å². The summed E-state index contributed by atoms with van der Waals surface area (Å²) in [5.74, 6) is 0. The topological polar surface area (TPSA) is 87.5 Å². The molecule has 1 aliphatic heterocycles. The molecule has 3 atom stereocenters. The fourth-order valence-corrected chi connectivity index (χ4v) is 2.68. The smallest absolute Gasteiger partial charge is 0.195 e. The van der Waals surface area contributed by atoms with Crippen LogP contribution in [0.15, 0.2) is 5.11 Å². The Morgan fingerprint density at radius 2 is 2.11 bits per heavy atom. The van der Waals surface area contributed by atoms with Crippen molar-refractivity contribution in [2.75, 3.05) is 6.54 Å². The molecule has 0 aromatic rings. The van der Waals surface area contributed by atoms with Gasteiger partial charge in [-0.1, -0.05) is 25.9 Å². The Balaban J connectivity index is 2.61. The monoisotopic (exact) mass is 273 g/mol. The predicted octanol–water partition coefficient (Wildman–Crippen LogP) is 2.79. The highest BCUT2D eigenvalue weighted by Gasteiger charge is 2.44. The van der Waals surface area contributed by atoms with E-state index in [9.17, 15) is 5.11 Å². The average molecular weight is 273 g/mol. The first kappa shape index (κ1) is 15.5. The molecule has 104 valence electrons. The number of nitrogens with zero attached hydrogens (tertiary/aromatic N) is 3. The Morgan fingerprint density at radius 1 is 1.50 bits per heavy atom. The second-order valence-corrected chi connectivity index (χ2v) is 11.0. The highest BCUT2D eigenvalue weighted by atomic mass is 28.4. The molecule has 18 heavy (non-hydrogen) atoms. The molecule has 7 heteroatoms. The lowest BCUT2D eigenvalue weighted by atomic mass is 10.2. The zero-order valence-electron chi connectivity index (χ0n) is 11.8. The van der Waals surface area contributed by atoms with E-state index in [0.29, 0.717) is 6.42 Å². The molecular formula is C11H23N3O3Si. The lowest BCUT2D eigenvalue weighted by molar-refractivity contribution is -0.115. The van der Waals surface area contributed by atoms with Gasteiger partial charge in [0.05, 0.1) is 12.6 Å². The number of ether oxygens (including phenoxy) is 1. The van der Waals surface area contributed by atoms with Gasteiger partial charge in [0.25, 0.3) is 0 Å². The molecule has 0 aromatic heterocycles. The van der Waals surface area contributed by atoms with Crippen LogP contribution in [-0.4, -0.2) is 38.5 Å². The van der Waals surface area contributed by atoms with Crippen molar-refractivity contribution in [3.8, 4) is 0 Å². The number of hydrogen-bond acceptors (Lipinski definition) is 4. The number of aliphatic hydroxyl groups excluding tert-OH is 1. The molecule has 1 rings (SSSR count). The zero-order valence-corrected chi connectivity index (χ0v) is 12.8. The molecule has 0 bridgehead atoms. The lowest BCUT2D eigenvalue weighted by Gasteiger charge is -2.38. The van der Waals surface area contributed by atoms with E-state index in [4.69, 9.17) is 14.7 Å². The van der Waals surface area contributed by atoms with Gasteiger partial charge in [-0.15, -0.1) is 0 Å². The summed E-state index contributed by atoms with van der Waals surface area (Å²) in [6.07, 6.45) is -1.02. The quantitative estimate of drug-likeness (QED) is 0.370. The maximum Gasteiger partial charge on any atom is 0.195 e. The molecule has 1 heterocycles. The maximum absolute atomic E-state index is 9.93. The van der Waals surface area contributed by atoms with E-state index in [1.807, 2.05) is 0 Å². The second kappa shape index (κ2) is 5.58. The Kier molecular flexibility index (Phi) is 4.80. The summed E-state index contributed by atoms with van der Waals surface area (Å²) in [5.41, 5.74) is 8.27. The molecule has 1 N–H and O–H groups in total. The van der Waals surface area contributed by atoms with E-state index in [2.05, 4.69) is 43.9 Å². The lowest BCUT2D eigenvalue weighted by Crippen LogP contribution is -2.46. The summed E-state index contributed by atoms with van der Waals surface area (Å²) in [6, 6.07) is 0. The van der Waals surface area contributed by atoms with Crippen molar-refractivity contribution in [1.82, 2.24) is 0 Å². The molecule has 0 radical (unpaired) electrons. The number of azide groups is 1. The van der Waals surface area contributed by atoms with Gasteiger partial charge in [0.1, 0.15) is 6.10 Å². The summed E-state index contributed by atoms with van der Waals surface area (Å²) in [7, 11) is -1.96. The van der Waals surface area contributed by atoms with Gasteiger partial charge in [-0.2, -0.15) is 0 Å². The van der Waals surface area contributed by atoms with Crippen molar-refractivity contribution in [2.45, 2.75) is 63.8 Å². The third-order valence-electron chi connectivity index (χ3n) is 3.71. The molecule has 1 unspecified atom stereocenters. The third kappa shape index (κ3) is 3.70. The van der Waals surface area contributed by atoms with Crippen molar-refractivity contribution < 1.29 is 14.3 Å². The zero-order chi connectivity index (χ0) is 14.0. The van der Waals surface area contributed by atoms with E-state index in [-0.39, 0.29) is 17.7 Å². The Morgan fingerprint density at radius 3 is 2.61 bits per heavy atom. The van der Waals surface area contributed by atoms with Crippen LogP contribution in [0.25, 0.3) is 10.4 Å². The van der Waals surface area contributed by atoms with Crippen molar-refractivity contribution in [3.05, 3.63) is 10.4 Å². The standard InChI is InChI=1S/C11H23N3O3Si/c1-11(2,3)18(4,5)17-10-9(15)6-8(16-10)7-13-14-12/h8-10,15H,6-7H2,1-5H3/t8-,9-,10?/m1/s1. The number of aliphatic hydroxyl groups is 1. The highest BCUT2D eigenvalue weighted by molar-refractivity contribution is 6.74. The Labute approximate surface area is 109 Å². The predicted molar refractivity (Wildman–Crippen MR) is 71.6 cm³/mol. The summed E-state index contributed by atoms with van der Waals surface area (Å²) < 4.78 is 11.6. The molecule has 0 aromatic carbocycles. The fraction of sp³-hybridized carbons (Fsp3) is 1.00. The molecule has 1 aliphatic rings. The van der Waals surface area contributed by atoms with Crippen LogP contribution < -0.4 is 0 Å². The van der Waals surface area contributed by atoms with E-state index >= 15 is 0 Å². The highest BCUT2D eigenvalue weighted by Crippen LogP contribution is 2.39. The van der Waals surface area contributed by atoms with Crippen LogP contribution in [0.2, 0.25) is 18.1 Å². The molecule has 1 fully saturated rings. The number of rotatable bonds is 4. The molecule has 6 nitrogen and oxygen atoms in total.